The smallest absolute Gasteiger partial charge is 0.273 e. The monoisotopic (exact) mass is 370 g/mol. The lowest BCUT2D eigenvalue weighted by molar-refractivity contribution is -0.121. The summed E-state index contributed by atoms with van der Waals surface area (Å²) in [5.74, 6) is -0.996. The van der Waals surface area contributed by atoms with E-state index < -0.39 is 11.8 Å². The Kier molecular flexibility index (Phi) is 4.99. The third kappa shape index (κ3) is 3.57. The summed E-state index contributed by atoms with van der Waals surface area (Å²) in [5, 5.41) is 5.51. The van der Waals surface area contributed by atoms with Crippen molar-refractivity contribution in [3.63, 3.8) is 0 Å². The van der Waals surface area contributed by atoms with Crippen molar-refractivity contribution in [2.24, 2.45) is 7.05 Å². The van der Waals surface area contributed by atoms with Gasteiger partial charge in [-0.1, -0.05) is 41.9 Å². The van der Waals surface area contributed by atoms with E-state index in [4.69, 9.17) is 11.6 Å². The van der Waals surface area contributed by atoms with Crippen LogP contribution in [0.15, 0.2) is 53.3 Å². The van der Waals surface area contributed by atoms with Gasteiger partial charge in [0.15, 0.2) is 0 Å². The average Bonchev–Trinajstić information content (AvgIpc) is 2.64. The lowest BCUT2D eigenvalue weighted by Crippen LogP contribution is -2.42. The number of amides is 2. The van der Waals surface area contributed by atoms with Crippen LogP contribution in [-0.2, 0) is 18.3 Å². The van der Waals surface area contributed by atoms with Gasteiger partial charge in [0.25, 0.3) is 11.5 Å². The number of carbonyl (C=O) groups is 2. The quantitative estimate of drug-likeness (QED) is 0.685. The zero-order chi connectivity index (χ0) is 18.7. The summed E-state index contributed by atoms with van der Waals surface area (Å²) in [7, 11) is 1.52. The largest absolute Gasteiger partial charge is 0.274 e. The Hall–Kier alpha value is -3.19. The number of aromatic nitrogens is 2. The number of rotatable bonds is 3. The van der Waals surface area contributed by atoms with Gasteiger partial charge in [0, 0.05) is 12.4 Å². The van der Waals surface area contributed by atoms with Crippen molar-refractivity contribution in [3.8, 4) is 0 Å². The predicted molar refractivity (Wildman–Crippen MR) is 97.7 cm³/mol. The molecule has 0 aliphatic heterocycles. The maximum atomic E-state index is 12.2. The minimum Gasteiger partial charge on any atom is -0.273 e. The molecule has 7 nitrogen and oxygen atoms in total. The van der Waals surface area contributed by atoms with E-state index in [2.05, 4.69) is 16.0 Å². The van der Waals surface area contributed by atoms with E-state index in [-0.39, 0.29) is 22.6 Å². The first-order valence-corrected chi connectivity index (χ1v) is 8.14. The standard InChI is InChI=1S/C18H15ClN4O3/c1-23-18(26)12-7-3-2-6-11(12)15(22-23)10-16(24)20-21-17(25)13-8-4-5-9-14(13)19/h2-9H,10H2,1H3,(H,20,24)(H,21,25). The summed E-state index contributed by atoms with van der Waals surface area (Å²) < 4.78 is 1.19. The number of nitrogens with one attached hydrogen (secondary N) is 2. The summed E-state index contributed by atoms with van der Waals surface area (Å²) in [6.07, 6.45) is -0.0998. The zero-order valence-electron chi connectivity index (χ0n) is 13.8. The number of halogens is 1. The minimum atomic E-state index is -0.526. The topological polar surface area (TPSA) is 93.1 Å². The normalized spacial score (nSPS) is 10.5. The first-order valence-electron chi connectivity index (χ1n) is 7.76. The van der Waals surface area contributed by atoms with Gasteiger partial charge in [-0.2, -0.15) is 5.10 Å². The number of hydrogen-bond donors (Lipinski definition) is 2. The predicted octanol–water partition coefficient (Wildman–Crippen LogP) is 1.59. The van der Waals surface area contributed by atoms with Gasteiger partial charge in [-0.05, 0) is 18.2 Å². The zero-order valence-corrected chi connectivity index (χ0v) is 14.6. The summed E-state index contributed by atoms with van der Waals surface area (Å²) >= 11 is 5.95. The fourth-order valence-electron chi connectivity index (χ4n) is 2.54. The Balaban J connectivity index is 1.74. The summed E-state index contributed by atoms with van der Waals surface area (Å²) in [5.41, 5.74) is 5.09. The van der Waals surface area contributed by atoms with Crippen molar-refractivity contribution < 1.29 is 9.59 Å². The Morgan fingerprint density at radius 3 is 2.42 bits per heavy atom. The third-order valence-electron chi connectivity index (χ3n) is 3.79. The third-order valence-corrected chi connectivity index (χ3v) is 4.12. The molecule has 0 saturated heterocycles. The number of aryl methyl sites for hydroxylation is 1. The van der Waals surface area contributed by atoms with Crippen LogP contribution >= 0.6 is 11.6 Å². The maximum absolute atomic E-state index is 12.2. The van der Waals surface area contributed by atoms with Gasteiger partial charge in [-0.3, -0.25) is 25.2 Å². The number of nitrogens with zero attached hydrogens (tertiary/aromatic N) is 2. The molecule has 0 radical (unpaired) electrons. The fraction of sp³-hybridized carbons (Fsp3) is 0.111. The van der Waals surface area contributed by atoms with Crippen LogP contribution in [0.5, 0.6) is 0 Å². The van der Waals surface area contributed by atoms with Crippen molar-refractivity contribution in [1.29, 1.82) is 0 Å². The first-order chi connectivity index (χ1) is 12.5. The molecule has 8 heteroatoms. The number of hydrogen-bond acceptors (Lipinski definition) is 4. The highest BCUT2D eigenvalue weighted by molar-refractivity contribution is 6.33. The Morgan fingerprint density at radius 1 is 1.04 bits per heavy atom. The van der Waals surface area contributed by atoms with Gasteiger partial charge in [-0.15, -0.1) is 0 Å². The molecule has 1 heterocycles. The van der Waals surface area contributed by atoms with Crippen molar-refractivity contribution in [2.45, 2.75) is 6.42 Å². The Bertz CT molecular complexity index is 1060. The molecule has 0 aliphatic rings. The van der Waals surface area contributed by atoms with Crippen molar-refractivity contribution >= 4 is 34.2 Å². The van der Waals surface area contributed by atoms with Crippen LogP contribution < -0.4 is 16.4 Å². The van der Waals surface area contributed by atoms with Gasteiger partial charge in [0.1, 0.15) is 0 Å². The number of benzene rings is 2. The van der Waals surface area contributed by atoms with Gasteiger partial charge in [-0.25, -0.2) is 4.68 Å². The Morgan fingerprint density at radius 2 is 1.69 bits per heavy atom. The van der Waals surface area contributed by atoms with E-state index in [9.17, 15) is 14.4 Å². The van der Waals surface area contributed by atoms with E-state index in [1.807, 2.05) is 0 Å². The van der Waals surface area contributed by atoms with Crippen LogP contribution in [-0.4, -0.2) is 21.6 Å². The van der Waals surface area contributed by atoms with Gasteiger partial charge < -0.3 is 0 Å². The van der Waals surface area contributed by atoms with E-state index >= 15 is 0 Å². The van der Waals surface area contributed by atoms with Gasteiger partial charge >= 0.3 is 0 Å². The molecule has 0 spiro atoms. The molecule has 0 fully saturated rings. The van der Waals surface area contributed by atoms with Crippen LogP contribution in [0.4, 0.5) is 0 Å². The van der Waals surface area contributed by atoms with Gasteiger partial charge in [0.05, 0.1) is 28.1 Å². The summed E-state index contributed by atoms with van der Waals surface area (Å²) in [4.78, 5) is 36.3. The molecular formula is C18H15ClN4O3. The van der Waals surface area contributed by atoms with Crippen LogP contribution in [0.3, 0.4) is 0 Å². The number of fused-ring (bicyclic) bond motifs is 1. The van der Waals surface area contributed by atoms with E-state index in [0.29, 0.717) is 16.5 Å². The molecule has 132 valence electrons. The molecule has 2 N–H and O–H groups in total. The van der Waals surface area contributed by atoms with Crippen LogP contribution in [0, 0.1) is 0 Å². The van der Waals surface area contributed by atoms with Crippen LogP contribution in [0.25, 0.3) is 10.8 Å². The molecule has 0 atom stereocenters. The minimum absolute atomic E-state index is 0.0998. The second-order valence-corrected chi connectivity index (χ2v) is 5.99. The average molecular weight is 371 g/mol. The number of hydrazine groups is 1. The first kappa shape index (κ1) is 17.6. The molecule has 1 aromatic heterocycles. The van der Waals surface area contributed by atoms with Crippen LogP contribution in [0.2, 0.25) is 5.02 Å². The molecule has 2 amide bonds. The Labute approximate surface area is 153 Å². The second kappa shape index (κ2) is 7.37. The fourth-order valence-corrected chi connectivity index (χ4v) is 2.76. The molecule has 0 aliphatic carbocycles. The molecule has 0 bridgehead atoms. The highest BCUT2D eigenvalue weighted by Gasteiger charge is 2.14. The van der Waals surface area contributed by atoms with E-state index in [1.54, 1.807) is 48.5 Å². The highest BCUT2D eigenvalue weighted by atomic mass is 35.5. The van der Waals surface area contributed by atoms with Crippen molar-refractivity contribution in [3.05, 3.63) is 75.2 Å². The number of carbonyl (C=O) groups excluding carboxylic acids is 2. The van der Waals surface area contributed by atoms with Gasteiger partial charge in [0.2, 0.25) is 5.91 Å². The second-order valence-electron chi connectivity index (χ2n) is 5.58. The molecule has 0 saturated carbocycles. The highest BCUT2D eigenvalue weighted by Crippen LogP contribution is 2.15. The SMILES string of the molecule is Cn1nc(CC(=O)NNC(=O)c2ccccc2Cl)c2ccccc2c1=O. The van der Waals surface area contributed by atoms with E-state index in [1.165, 1.54) is 11.7 Å². The molecule has 0 unspecified atom stereocenters. The van der Waals surface area contributed by atoms with Crippen LogP contribution in [0.1, 0.15) is 16.1 Å². The van der Waals surface area contributed by atoms with Crippen molar-refractivity contribution in [2.75, 3.05) is 0 Å². The molecular weight excluding hydrogens is 356 g/mol. The molecule has 3 aromatic rings. The lowest BCUT2D eigenvalue weighted by Gasteiger charge is -2.10. The van der Waals surface area contributed by atoms with Crippen molar-refractivity contribution in [1.82, 2.24) is 20.6 Å². The molecule has 2 aromatic carbocycles. The lowest BCUT2D eigenvalue weighted by atomic mass is 10.1. The molecule has 26 heavy (non-hydrogen) atoms. The maximum Gasteiger partial charge on any atom is 0.274 e. The summed E-state index contributed by atoms with van der Waals surface area (Å²) in [6, 6.07) is 13.4. The summed E-state index contributed by atoms with van der Waals surface area (Å²) in [6.45, 7) is 0. The van der Waals surface area contributed by atoms with E-state index in [0.717, 1.165) is 0 Å². The molecule has 3 rings (SSSR count).